The number of nitrogens with one attached hydrogen (secondary N) is 1. The van der Waals surface area contributed by atoms with E-state index in [4.69, 9.17) is 11.6 Å². The highest BCUT2D eigenvalue weighted by atomic mass is 79.9. The minimum absolute atomic E-state index is 0.760. The maximum Gasteiger partial charge on any atom is 0.0417 e. The van der Waals surface area contributed by atoms with Crippen LogP contribution in [0.5, 0.6) is 0 Å². The fraction of sp³-hybridized carbons (Fsp3) is 0.250. The third-order valence-electron chi connectivity index (χ3n) is 3.16. The maximum absolute atomic E-state index is 5.93. The van der Waals surface area contributed by atoms with Crippen LogP contribution in [0.2, 0.25) is 5.02 Å². The molecule has 0 spiro atoms. The van der Waals surface area contributed by atoms with E-state index in [-0.39, 0.29) is 0 Å². The number of benzene rings is 2. The van der Waals surface area contributed by atoms with E-state index < -0.39 is 0 Å². The van der Waals surface area contributed by atoms with Gasteiger partial charge in [-0.1, -0.05) is 57.9 Å². The lowest BCUT2D eigenvalue weighted by Gasteiger charge is -2.09. The van der Waals surface area contributed by atoms with Crippen LogP contribution in [0.4, 0.5) is 0 Å². The van der Waals surface area contributed by atoms with Crippen molar-refractivity contribution in [3.05, 3.63) is 68.7 Å². The predicted octanol–water partition coefficient (Wildman–Crippen LogP) is 4.74. The zero-order valence-electron chi connectivity index (χ0n) is 10.9. The molecule has 0 radical (unpaired) electrons. The van der Waals surface area contributed by atoms with E-state index in [1.165, 1.54) is 16.7 Å². The molecule has 19 heavy (non-hydrogen) atoms. The topological polar surface area (TPSA) is 12.0 Å². The van der Waals surface area contributed by atoms with Gasteiger partial charge in [0.25, 0.3) is 0 Å². The summed E-state index contributed by atoms with van der Waals surface area (Å²) in [6, 6.07) is 14.4. The Morgan fingerprint density at radius 3 is 2.63 bits per heavy atom. The molecule has 2 rings (SSSR count). The molecule has 0 atom stereocenters. The van der Waals surface area contributed by atoms with Crippen molar-refractivity contribution in [2.75, 3.05) is 6.54 Å². The van der Waals surface area contributed by atoms with Gasteiger partial charge in [-0.25, -0.2) is 0 Å². The Morgan fingerprint density at radius 2 is 1.89 bits per heavy atom. The number of halogens is 2. The van der Waals surface area contributed by atoms with Gasteiger partial charge in [0, 0.05) is 16.0 Å². The Morgan fingerprint density at radius 1 is 1.11 bits per heavy atom. The Hall–Kier alpha value is -0.830. The predicted molar refractivity (Wildman–Crippen MR) is 85.7 cm³/mol. The van der Waals surface area contributed by atoms with Crippen molar-refractivity contribution in [2.24, 2.45) is 0 Å². The van der Waals surface area contributed by atoms with E-state index in [1.54, 1.807) is 0 Å². The molecule has 0 heterocycles. The third-order valence-corrected chi connectivity index (χ3v) is 4.14. The minimum atomic E-state index is 0.760. The van der Waals surface area contributed by atoms with E-state index in [0.717, 1.165) is 29.0 Å². The molecule has 0 aliphatic rings. The largest absolute Gasteiger partial charge is 0.312 e. The van der Waals surface area contributed by atoms with E-state index in [9.17, 15) is 0 Å². The number of aryl methyl sites for hydroxylation is 1. The van der Waals surface area contributed by atoms with Crippen molar-refractivity contribution in [3.63, 3.8) is 0 Å². The Kier molecular flexibility index (Phi) is 5.44. The van der Waals surface area contributed by atoms with Gasteiger partial charge in [-0.3, -0.25) is 0 Å². The van der Waals surface area contributed by atoms with Crippen molar-refractivity contribution in [1.82, 2.24) is 5.32 Å². The summed E-state index contributed by atoms with van der Waals surface area (Å²) in [5.41, 5.74) is 4.00. The van der Waals surface area contributed by atoms with Gasteiger partial charge >= 0.3 is 0 Å². The van der Waals surface area contributed by atoms with Crippen molar-refractivity contribution < 1.29 is 0 Å². The van der Waals surface area contributed by atoms with Crippen LogP contribution in [-0.2, 0) is 13.0 Å². The molecular weight excluding hydrogens is 322 g/mol. The molecule has 0 fully saturated rings. The molecule has 0 amide bonds. The van der Waals surface area contributed by atoms with Gasteiger partial charge in [0.2, 0.25) is 0 Å². The third kappa shape index (κ3) is 4.34. The summed E-state index contributed by atoms with van der Waals surface area (Å²) >= 11 is 9.46. The van der Waals surface area contributed by atoms with Crippen LogP contribution in [0, 0.1) is 6.92 Å². The summed E-state index contributed by atoms with van der Waals surface area (Å²) in [6.45, 7) is 3.98. The highest BCUT2D eigenvalue weighted by Gasteiger charge is 2.01. The molecule has 2 aromatic rings. The van der Waals surface area contributed by atoms with Crippen LogP contribution in [0.25, 0.3) is 0 Å². The Labute approximate surface area is 128 Å². The monoisotopic (exact) mass is 337 g/mol. The molecule has 0 bridgehead atoms. The minimum Gasteiger partial charge on any atom is -0.312 e. The van der Waals surface area contributed by atoms with Gasteiger partial charge in [-0.2, -0.15) is 0 Å². The summed E-state index contributed by atoms with van der Waals surface area (Å²) in [4.78, 5) is 0. The highest BCUT2D eigenvalue weighted by molar-refractivity contribution is 9.10. The van der Waals surface area contributed by atoms with Crippen LogP contribution >= 0.6 is 27.5 Å². The molecule has 100 valence electrons. The highest BCUT2D eigenvalue weighted by Crippen LogP contribution is 2.21. The first-order valence-corrected chi connectivity index (χ1v) is 7.53. The van der Waals surface area contributed by atoms with Crippen LogP contribution in [0.3, 0.4) is 0 Å². The summed E-state index contributed by atoms with van der Waals surface area (Å²) in [7, 11) is 0. The second-order valence-corrected chi connectivity index (χ2v) is 5.88. The molecule has 0 saturated carbocycles. The SMILES string of the molecule is Cc1ccccc1CCNCc1ccc(Cl)cc1Br. The molecule has 0 aliphatic heterocycles. The van der Waals surface area contributed by atoms with Gasteiger partial charge in [0.15, 0.2) is 0 Å². The molecule has 1 nitrogen and oxygen atoms in total. The molecule has 0 saturated heterocycles. The molecule has 0 unspecified atom stereocenters. The van der Waals surface area contributed by atoms with E-state index in [2.05, 4.69) is 52.4 Å². The quantitative estimate of drug-likeness (QED) is 0.776. The summed E-state index contributed by atoms with van der Waals surface area (Å²) in [5.74, 6) is 0. The van der Waals surface area contributed by atoms with Crippen molar-refractivity contribution >= 4 is 27.5 Å². The second kappa shape index (κ2) is 7.09. The Balaban J connectivity index is 1.83. The summed E-state index contributed by atoms with van der Waals surface area (Å²) in [5, 5.41) is 4.22. The molecule has 0 aliphatic carbocycles. The zero-order chi connectivity index (χ0) is 13.7. The van der Waals surface area contributed by atoms with Crippen LogP contribution in [-0.4, -0.2) is 6.54 Å². The fourth-order valence-corrected chi connectivity index (χ4v) is 2.82. The zero-order valence-corrected chi connectivity index (χ0v) is 13.3. The van der Waals surface area contributed by atoms with Crippen LogP contribution in [0.1, 0.15) is 16.7 Å². The van der Waals surface area contributed by atoms with Gasteiger partial charge in [0.05, 0.1) is 0 Å². The van der Waals surface area contributed by atoms with Crippen molar-refractivity contribution in [1.29, 1.82) is 0 Å². The van der Waals surface area contributed by atoms with Gasteiger partial charge in [-0.15, -0.1) is 0 Å². The number of rotatable bonds is 5. The standard InChI is InChI=1S/C16H17BrClN/c1-12-4-2-3-5-13(12)8-9-19-11-14-6-7-15(18)10-16(14)17/h2-7,10,19H,8-9,11H2,1H3. The summed E-state index contributed by atoms with van der Waals surface area (Å²) in [6.07, 6.45) is 1.05. The average Bonchev–Trinajstić information content (AvgIpc) is 2.38. The van der Waals surface area contributed by atoms with E-state index in [0.29, 0.717) is 0 Å². The van der Waals surface area contributed by atoms with Crippen LogP contribution < -0.4 is 5.32 Å². The molecule has 0 aromatic heterocycles. The molecule has 1 N–H and O–H groups in total. The average molecular weight is 339 g/mol. The van der Waals surface area contributed by atoms with Crippen molar-refractivity contribution in [2.45, 2.75) is 19.9 Å². The normalized spacial score (nSPS) is 10.7. The smallest absolute Gasteiger partial charge is 0.0417 e. The lowest BCUT2D eigenvalue weighted by molar-refractivity contribution is 0.684. The van der Waals surface area contributed by atoms with E-state index in [1.807, 2.05) is 18.2 Å². The number of hydrogen-bond acceptors (Lipinski definition) is 1. The first kappa shape index (κ1) is 14.6. The lowest BCUT2D eigenvalue weighted by Crippen LogP contribution is -2.17. The molecular formula is C16H17BrClN. The van der Waals surface area contributed by atoms with Crippen molar-refractivity contribution in [3.8, 4) is 0 Å². The van der Waals surface area contributed by atoms with Crippen LogP contribution in [0.15, 0.2) is 46.9 Å². The summed E-state index contributed by atoms with van der Waals surface area (Å²) < 4.78 is 1.06. The lowest BCUT2D eigenvalue weighted by atomic mass is 10.1. The van der Waals surface area contributed by atoms with Gasteiger partial charge in [0.1, 0.15) is 0 Å². The van der Waals surface area contributed by atoms with E-state index >= 15 is 0 Å². The maximum atomic E-state index is 5.93. The Bertz CT molecular complexity index is 554. The second-order valence-electron chi connectivity index (χ2n) is 4.59. The first-order valence-electron chi connectivity index (χ1n) is 6.36. The number of hydrogen-bond donors (Lipinski definition) is 1. The van der Waals surface area contributed by atoms with Gasteiger partial charge in [-0.05, 0) is 48.7 Å². The molecule has 3 heteroatoms. The first-order chi connectivity index (χ1) is 9.16. The fourth-order valence-electron chi connectivity index (χ4n) is 2.00. The van der Waals surface area contributed by atoms with Gasteiger partial charge < -0.3 is 5.32 Å². The molecule has 2 aromatic carbocycles.